The molecule has 3 N–H and O–H groups in total. The molecule has 26 heavy (non-hydrogen) atoms. The van der Waals surface area contributed by atoms with E-state index in [0.29, 0.717) is 13.0 Å². The van der Waals surface area contributed by atoms with Gasteiger partial charge in [0, 0.05) is 65.7 Å². The maximum atomic E-state index is 10.4. The zero-order valence-electron chi connectivity index (χ0n) is 17.0. The first kappa shape index (κ1) is 35.2. The molecular formula is C15H35NNa2O6S2. The van der Waals surface area contributed by atoms with Gasteiger partial charge in [-0.25, -0.2) is 0 Å². The maximum Gasteiger partial charge on any atom is 0.266 e. The first-order valence-electron chi connectivity index (χ1n) is 8.67. The fourth-order valence-corrected chi connectivity index (χ4v) is 3.03. The number of nitrogens with one attached hydrogen (secondary N) is 1. The predicted octanol–water partition coefficient (Wildman–Crippen LogP) is 2.13. The molecule has 2 radical (unpaired) electrons. The summed E-state index contributed by atoms with van der Waals surface area (Å²) in [6.07, 6.45) is 11.7. The van der Waals surface area contributed by atoms with Crippen LogP contribution in [0.3, 0.4) is 0 Å². The third-order valence-electron chi connectivity index (χ3n) is 3.37. The Hall–Kier alpha value is 1.78. The van der Waals surface area contributed by atoms with E-state index in [-0.39, 0.29) is 70.6 Å². The minimum Gasteiger partial charge on any atom is -0.319 e. The fraction of sp³-hybridized carbons (Fsp3) is 1.00. The molecule has 0 heterocycles. The fourth-order valence-electron chi connectivity index (χ4n) is 2.00. The second-order valence-electron chi connectivity index (χ2n) is 5.86. The molecule has 0 aromatic rings. The molecule has 0 atom stereocenters. The molecular weight excluding hydrogens is 400 g/mol. The van der Waals surface area contributed by atoms with Gasteiger partial charge in [-0.05, 0) is 13.5 Å². The van der Waals surface area contributed by atoms with Crippen LogP contribution in [0.5, 0.6) is 0 Å². The Morgan fingerprint density at radius 3 is 1.27 bits per heavy atom. The van der Waals surface area contributed by atoms with Crippen LogP contribution < -0.4 is 5.32 Å². The van der Waals surface area contributed by atoms with Crippen LogP contribution in [0.25, 0.3) is 0 Å². The molecule has 150 valence electrons. The molecule has 0 saturated heterocycles. The zero-order chi connectivity index (χ0) is 18.9. The van der Waals surface area contributed by atoms with Crippen molar-refractivity contribution in [1.29, 1.82) is 0 Å². The number of rotatable bonds is 14. The molecule has 11 heteroatoms. The van der Waals surface area contributed by atoms with Gasteiger partial charge in [-0.1, -0.05) is 64.7 Å². The molecule has 7 nitrogen and oxygen atoms in total. The van der Waals surface area contributed by atoms with Crippen LogP contribution in [0.2, 0.25) is 0 Å². The number of hydrogen-bond acceptors (Lipinski definition) is 5. The molecule has 0 spiro atoms. The molecule has 0 bridgehead atoms. The molecule has 0 aliphatic rings. The van der Waals surface area contributed by atoms with Crippen LogP contribution in [0, 0.1) is 0 Å². The Morgan fingerprint density at radius 1 is 0.654 bits per heavy atom. The van der Waals surface area contributed by atoms with Gasteiger partial charge in [0.1, 0.15) is 0 Å². The quantitative estimate of drug-likeness (QED) is 0.217. The molecule has 0 aliphatic carbocycles. The molecule has 0 fully saturated rings. The topological polar surface area (TPSA) is 121 Å². The van der Waals surface area contributed by atoms with Gasteiger partial charge in [0.25, 0.3) is 20.2 Å². The van der Waals surface area contributed by atoms with E-state index < -0.39 is 20.2 Å². The smallest absolute Gasteiger partial charge is 0.266 e. The second kappa shape index (κ2) is 23.1. The van der Waals surface area contributed by atoms with Crippen molar-refractivity contribution in [1.82, 2.24) is 5.32 Å². The van der Waals surface area contributed by atoms with Gasteiger partial charge < -0.3 is 5.32 Å². The standard InChI is InChI=1S/C12H26O3S.C3H9NO3S.2Na/c1-2-3-4-5-6-7-8-9-10-11-12-16(13,14)15;1-4-2-3-8(5,6)7;;/h2-12H2,1H3,(H,13,14,15);4H,2-3H2,1H3,(H,5,6,7);;. The zero-order valence-corrected chi connectivity index (χ0v) is 22.7. The Balaban J connectivity index is -0.000000208. The second-order valence-corrected chi connectivity index (χ2v) is 9.00. The van der Waals surface area contributed by atoms with Crippen molar-refractivity contribution in [2.75, 3.05) is 25.1 Å². The van der Waals surface area contributed by atoms with E-state index in [1.807, 2.05) is 0 Å². The molecule has 0 unspecified atom stereocenters. The summed E-state index contributed by atoms with van der Waals surface area (Å²) in [4.78, 5) is 0. The van der Waals surface area contributed by atoms with Crippen molar-refractivity contribution in [3.63, 3.8) is 0 Å². The summed E-state index contributed by atoms with van der Waals surface area (Å²) in [5.74, 6) is -0.299. The van der Waals surface area contributed by atoms with E-state index in [1.54, 1.807) is 7.05 Å². The summed E-state index contributed by atoms with van der Waals surface area (Å²) >= 11 is 0. The van der Waals surface area contributed by atoms with Crippen LogP contribution in [0.15, 0.2) is 0 Å². The molecule has 0 aromatic heterocycles. The molecule has 0 saturated carbocycles. The summed E-state index contributed by atoms with van der Waals surface area (Å²) in [5, 5.41) is 2.59. The van der Waals surface area contributed by atoms with E-state index in [9.17, 15) is 16.8 Å². The van der Waals surface area contributed by atoms with Crippen molar-refractivity contribution < 1.29 is 25.9 Å². The van der Waals surface area contributed by atoms with Gasteiger partial charge in [-0.2, -0.15) is 16.8 Å². The minimum absolute atomic E-state index is 0. The number of hydrogen-bond donors (Lipinski definition) is 3. The Morgan fingerprint density at radius 2 is 1.00 bits per heavy atom. The van der Waals surface area contributed by atoms with E-state index >= 15 is 0 Å². The maximum absolute atomic E-state index is 10.4. The van der Waals surface area contributed by atoms with Gasteiger partial charge in [0.2, 0.25) is 0 Å². The van der Waals surface area contributed by atoms with E-state index in [1.165, 1.54) is 44.9 Å². The largest absolute Gasteiger partial charge is 0.319 e. The average Bonchev–Trinajstić information content (AvgIpc) is 2.46. The summed E-state index contributed by atoms with van der Waals surface area (Å²) in [5.41, 5.74) is 0. The Bertz CT molecular complexity index is 473. The van der Waals surface area contributed by atoms with Crippen molar-refractivity contribution >= 4 is 79.4 Å². The van der Waals surface area contributed by atoms with Crippen molar-refractivity contribution in [3.05, 3.63) is 0 Å². The van der Waals surface area contributed by atoms with Crippen molar-refractivity contribution in [2.45, 2.75) is 71.1 Å². The summed E-state index contributed by atoms with van der Waals surface area (Å²) in [7, 11) is -5.86. The summed E-state index contributed by atoms with van der Waals surface area (Å²) in [6.45, 7) is 2.51. The van der Waals surface area contributed by atoms with Crippen molar-refractivity contribution in [3.8, 4) is 0 Å². The molecule has 0 amide bonds. The summed E-state index contributed by atoms with van der Waals surface area (Å²) < 4.78 is 57.3. The number of unbranched alkanes of at least 4 members (excludes halogenated alkanes) is 9. The van der Waals surface area contributed by atoms with Crippen LogP contribution in [-0.2, 0) is 20.2 Å². The molecule has 0 rings (SSSR count). The molecule has 0 aliphatic heterocycles. The monoisotopic (exact) mass is 435 g/mol. The van der Waals surface area contributed by atoms with Crippen LogP contribution in [0.4, 0.5) is 0 Å². The SMILES string of the molecule is CCCCCCCCCCCCS(=O)(=O)O.CNCCS(=O)(=O)O.[Na].[Na]. The Kier molecular flexibility index (Phi) is 31.3. The average molecular weight is 436 g/mol. The normalized spacial score (nSPS) is 10.9. The Labute approximate surface area is 204 Å². The van der Waals surface area contributed by atoms with E-state index in [0.717, 1.165) is 12.8 Å². The van der Waals surface area contributed by atoms with E-state index in [4.69, 9.17) is 9.11 Å². The third-order valence-corrected chi connectivity index (χ3v) is 4.89. The van der Waals surface area contributed by atoms with Crippen LogP contribution in [-0.4, -0.2) is 110 Å². The van der Waals surface area contributed by atoms with Gasteiger partial charge in [-0.15, -0.1) is 0 Å². The van der Waals surface area contributed by atoms with Crippen LogP contribution >= 0.6 is 0 Å². The van der Waals surface area contributed by atoms with Crippen molar-refractivity contribution in [2.24, 2.45) is 0 Å². The first-order chi connectivity index (χ1) is 11.1. The van der Waals surface area contributed by atoms with Gasteiger partial charge in [-0.3, -0.25) is 9.11 Å². The third kappa shape index (κ3) is 40.5. The van der Waals surface area contributed by atoms with Crippen LogP contribution in [0.1, 0.15) is 71.1 Å². The first-order valence-corrected chi connectivity index (χ1v) is 11.9. The van der Waals surface area contributed by atoms with Gasteiger partial charge >= 0.3 is 0 Å². The van der Waals surface area contributed by atoms with E-state index in [2.05, 4.69) is 12.2 Å². The predicted molar refractivity (Wildman–Crippen MR) is 110 cm³/mol. The molecule has 0 aromatic carbocycles. The van der Waals surface area contributed by atoms with Gasteiger partial charge in [0.05, 0.1) is 11.5 Å². The summed E-state index contributed by atoms with van der Waals surface area (Å²) in [6, 6.07) is 0. The van der Waals surface area contributed by atoms with Gasteiger partial charge in [0.15, 0.2) is 0 Å². The minimum atomic E-state index is -3.75.